The number of carbonyl (C=O) groups excluding carboxylic acids is 1. The highest BCUT2D eigenvalue weighted by Crippen LogP contribution is 2.34. The maximum absolute atomic E-state index is 13.8. The second-order valence-corrected chi connectivity index (χ2v) is 10.4. The van der Waals surface area contributed by atoms with E-state index in [2.05, 4.69) is 15.7 Å². The number of anilines is 2. The van der Waals surface area contributed by atoms with Gasteiger partial charge in [0.1, 0.15) is 12.2 Å². The number of fused-ring (bicyclic) bond motifs is 1. The van der Waals surface area contributed by atoms with Crippen LogP contribution in [0.2, 0.25) is 5.02 Å². The van der Waals surface area contributed by atoms with Crippen LogP contribution in [0.1, 0.15) is 43.3 Å². The van der Waals surface area contributed by atoms with Crippen molar-refractivity contribution in [3.8, 4) is 0 Å². The van der Waals surface area contributed by atoms with Gasteiger partial charge in [0.05, 0.1) is 28.1 Å². The minimum atomic E-state index is -4.56. The van der Waals surface area contributed by atoms with E-state index in [1.807, 2.05) is 17.9 Å². The SMILES string of the molecule is CCc1c(N2CCNCC2)c(=O)n2nc(C3=CCC(OC)CC3)nc2n1CC(=O)Nc1ccc(C(F)(F)F)cc1Cl. The number of nitrogens with one attached hydrogen (secondary N) is 2. The van der Waals surface area contributed by atoms with Crippen LogP contribution in [0.4, 0.5) is 24.5 Å². The molecule has 2 aromatic heterocycles. The molecule has 1 atom stereocenters. The molecule has 0 saturated carbocycles. The summed E-state index contributed by atoms with van der Waals surface area (Å²) in [5, 5.41) is 10.2. The first-order chi connectivity index (χ1) is 19.6. The van der Waals surface area contributed by atoms with Gasteiger partial charge in [0.25, 0.3) is 5.56 Å². The number of ether oxygens (including phenoxy) is 1. The first-order valence-corrected chi connectivity index (χ1v) is 13.8. The van der Waals surface area contributed by atoms with Gasteiger partial charge < -0.3 is 24.8 Å². The summed E-state index contributed by atoms with van der Waals surface area (Å²) in [5.74, 6) is 0.0859. The molecule has 0 bridgehead atoms. The number of carbonyl (C=O) groups is 1. The molecule has 10 nitrogen and oxygen atoms in total. The molecule has 1 aliphatic carbocycles. The number of amides is 1. The number of hydrogen-bond donors (Lipinski definition) is 2. The van der Waals surface area contributed by atoms with Gasteiger partial charge in [-0.25, -0.2) is 0 Å². The standard InChI is InChI=1S/C27H31ClF3N7O3/c1-3-21-23(36-12-10-32-11-13-36)25(40)38-26(34-24(35-38)16-4-7-18(41-2)8-5-16)37(21)15-22(39)33-20-9-6-17(14-19(20)28)27(29,30)31/h4,6,9,14,18,32H,3,5,7-8,10-13,15H2,1-2H3,(H,33,39). The highest BCUT2D eigenvalue weighted by Gasteiger charge is 2.31. The van der Waals surface area contributed by atoms with Crippen LogP contribution >= 0.6 is 11.6 Å². The van der Waals surface area contributed by atoms with Gasteiger partial charge in [-0.2, -0.15) is 22.7 Å². The molecule has 41 heavy (non-hydrogen) atoms. The van der Waals surface area contributed by atoms with Gasteiger partial charge in [-0.1, -0.05) is 24.6 Å². The molecule has 0 spiro atoms. The molecule has 220 valence electrons. The third kappa shape index (κ3) is 5.97. The lowest BCUT2D eigenvalue weighted by Gasteiger charge is -2.31. The van der Waals surface area contributed by atoms with Crippen LogP contribution in [0.5, 0.6) is 0 Å². The van der Waals surface area contributed by atoms with Crippen molar-refractivity contribution < 1.29 is 22.7 Å². The van der Waals surface area contributed by atoms with Crippen LogP contribution in [0.3, 0.4) is 0 Å². The summed E-state index contributed by atoms with van der Waals surface area (Å²) in [6.07, 6.45) is 0.176. The molecule has 1 saturated heterocycles. The largest absolute Gasteiger partial charge is 0.416 e. The zero-order chi connectivity index (χ0) is 29.3. The van der Waals surface area contributed by atoms with E-state index < -0.39 is 17.6 Å². The van der Waals surface area contributed by atoms with Gasteiger partial charge in [0.15, 0.2) is 5.82 Å². The highest BCUT2D eigenvalue weighted by atomic mass is 35.5. The molecule has 1 aliphatic heterocycles. The number of hydrogen-bond acceptors (Lipinski definition) is 7. The molecule has 1 fully saturated rings. The highest BCUT2D eigenvalue weighted by molar-refractivity contribution is 6.33. The summed E-state index contributed by atoms with van der Waals surface area (Å²) in [5.41, 5.74) is 0.789. The number of rotatable bonds is 7. The Hall–Kier alpha value is -3.42. The number of aromatic nitrogens is 4. The minimum Gasteiger partial charge on any atom is -0.381 e. The summed E-state index contributed by atoms with van der Waals surface area (Å²) in [4.78, 5) is 33.8. The Morgan fingerprint density at radius 1 is 1.27 bits per heavy atom. The van der Waals surface area contributed by atoms with E-state index in [4.69, 9.17) is 21.3 Å². The maximum atomic E-state index is 13.8. The summed E-state index contributed by atoms with van der Waals surface area (Å²) in [6, 6.07) is 2.75. The molecule has 3 heterocycles. The Kier molecular flexibility index (Phi) is 8.39. The van der Waals surface area contributed by atoms with Gasteiger partial charge in [0, 0.05) is 33.3 Å². The predicted molar refractivity (Wildman–Crippen MR) is 149 cm³/mol. The third-order valence-corrected chi connectivity index (χ3v) is 7.76. The number of allylic oxidation sites excluding steroid dienone is 1. The monoisotopic (exact) mass is 593 g/mol. The van der Waals surface area contributed by atoms with Crippen LogP contribution in [-0.4, -0.2) is 64.5 Å². The van der Waals surface area contributed by atoms with E-state index in [1.54, 1.807) is 11.7 Å². The number of methoxy groups -OCH3 is 1. The molecule has 1 amide bonds. The second-order valence-electron chi connectivity index (χ2n) is 10.0. The Morgan fingerprint density at radius 3 is 2.63 bits per heavy atom. The second kappa shape index (κ2) is 11.8. The summed E-state index contributed by atoms with van der Waals surface area (Å²) in [6.45, 7) is 4.24. The lowest BCUT2D eigenvalue weighted by atomic mass is 9.97. The minimum absolute atomic E-state index is 0.0457. The van der Waals surface area contributed by atoms with Crippen molar-refractivity contribution in [1.82, 2.24) is 24.5 Å². The number of halogens is 4. The van der Waals surface area contributed by atoms with Crippen molar-refractivity contribution in [2.24, 2.45) is 0 Å². The van der Waals surface area contributed by atoms with Crippen LogP contribution < -0.4 is 21.1 Å². The van der Waals surface area contributed by atoms with E-state index >= 15 is 0 Å². The van der Waals surface area contributed by atoms with Crippen molar-refractivity contribution >= 4 is 40.2 Å². The summed E-state index contributed by atoms with van der Waals surface area (Å²) in [7, 11) is 1.67. The van der Waals surface area contributed by atoms with E-state index in [0.717, 1.165) is 30.2 Å². The Balaban J connectivity index is 1.56. The maximum Gasteiger partial charge on any atom is 0.416 e. The molecule has 5 rings (SSSR count). The fourth-order valence-electron chi connectivity index (χ4n) is 5.31. The van der Waals surface area contributed by atoms with Gasteiger partial charge in [0.2, 0.25) is 11.7 Å². The van der Waals surface area contributed by atoms with E-state index in [1.165, 1.54) is 4.52 Å². The summed E-state index contributed by atoms with van der Waals surface area (Å²) < 4.78 is 47.6. The lowest BCUT2D eigenvalue weighted by Crippen LogP contribution is -2.47. The molecule has 2 aliphatic rings. The first kappa shape index (κ1) is 29.1. The fourth-order valence-corrected chi connectivity index (χ4v) is 5.54. The normalized spacial score (nSPS) is 18.0. The fraction of sp³-hybridized carbons (Fsp3) is 0.481. The molecule has 2 N–H and O–H groups in total. The average molecular weight is 594 g/mol. The van der Waals surface area contributed by atoms with Crippen molar-refractivity contribution in [1.29, 1.82) is 0 Å². The molecule has 1 aromatic carbocycles. The van der Waals surface area contributed by atoms with Crippen LogP contribution in [-0.2, 0) is 28.7 Å². The molecular formula is C27H31ClF3N7O3. The average Bonchev–Trinajstić information content (AvgIpc) is 3.41. The van der Waals surface area contributed by atoms with Gasteiger partial charge >= 0.3 is 6.18 Å². The van der Waals surface area contributed by atoms with E-state index in [-0.39, 0.29) is 34.7 Å². The third-order valence-electron chi connectivity index (χ3n) is 7.45. The smallest absolute Gasteiger partial charge is 0.381 e. The number of benzene rings is 1. The van der Waals surface area contributed by atoms with Crippen LogP contribution in [0.15, 0.2) is 29.1 Å². The van der Waals surface area contributed by atoms with Crippen molar-refractivity contribution in [2.45, 2.75) is 51.4 Å². The molecular weight excluding hydrogens is 563 g/mol. The zero-order valence-electron chi connectivity index (χ0n) is 22.7. The van der Waals surface area contributed by atoms with Crippen LogP contribution in [0.25, 0.3) is 11.4 Å². The molecule has 3 aromatic rings. The number of piperazine rings is 1. The first-order valence-electron chi connectivity index (χ1n) is 13.5. The number of nitrogens with zero attached hydrogens (tertiary/aromatic N) is 5. The van der Waals surface area contributed by atoms with E-state index in [0.29, 0.717) is 62.6 Å². The Morgan fingerprint density at radius 2 is 2.02 bits per heavy atom. The topological polar surface area (TPSA) is 106 Å². The molecule has 14 heteroatoms. The zero-order valence-corrected chi connectivity index (χ0v) is 23.5. The van der Waals surface area contributed by atoms with Gasteiger partial charge in [-0.3, -0.25) is 9.59 Å². The van der Waals surface area contributed by atoms with Crippen molar-refractivity contribution in [2.75, 3.05) is 43.5 Å². The Labute approximate surface area is 239 Å². The van der Waals surface area contributed by atoms with Crippen LogP contribution in [0, 0.1) is 0 Å². The molecule has 1 unspecified atom stereocenters. The quantitative estimate of drug-likeness (QED) is 0.430. The number of alkyl halides is 3. The van der Waals surface area contributed by atoms with Crippen molar-refractivity contribution in [3.63, 3.8) is 0 Å². The van der Waals surface area contributed by atoms with Gasteiger partial charge in [-0.05, 0) is 49.5 Å². The lowest BCUT2D eigenvalue weighted by molar-refractivity contribution is -0.137. The molecule has 0 radical (unpaired) electrons. The Bertz CT molecular complexity index is 1540. The van der Waals surface area contributed by atoms with Gasteiger partial charge in [-0.15, -0.1) is 5.10 Å². The van der Waals surface area contributed by atoms with E-state index in [9.17, 15) is 22.8 Å². The summed E-state index contributed by atoms with van der Waals surface area (Å²) >= 11 is 6.08. The predicted octanol–water partition coefficient (Wildman–Crippen LogP) is 3.76. The van der Waals surface area contributed by atoms with Crippen molar-refractivity contribution in [3.05, 3.63) is 56.7 Å².